The highest BCUT2D eigenvalue weighted by Crippen LogP contribution is 2.23. The van der Waals surface area contributed by atoms with Gasteiger partial charge in [0, 0.05) is 6.04 Å². The molecule has 0 bridgehead atoms. The van der Waals surface area contributed by atoms with Gasteiger partial charge in [0.25, 0.3) is 0 Å². The maximum absolute atomic E-state index is 6.01. The summed E-state index contributed by atoms with van der Waals surface area (Å²) in [4.78, 5) is 0. The van der Waals surface area contributed by atoms with Crippen molar-refractivity contribution in [3.05, 3.63) is 33.8 Å². The van der Waals surface area contributed by atoms with Crippen LogP contribution in [-0.4, -0.2) is 12.6 Å². The van der Waals surface area contributed by atoms with Crippen molar-refractivity contribution in [1.82, 2.24) is 5.32 Å². The van der Waals surface area contributed by atoms with Gasteiger partial charge in [0.15, 0.2) is 0 Å². The predicted octanol–water partition coefficient (Wildman–Crippen LogP) is 4.85. The fraction of sp³-hybridized carbons (Fsp3) is 0.600. The number of hydrogen-bond acceptors (Lipinski definition) is 1. The molecule has 1 nitrogen and oxygen atoms in total. The third kappa shape index (κ3) is 4.46. The monoisotopic (exact) mass is 285 g/mol. The second-order valence-electron chi connectivity index (χ2n) is 5.14. The van der Waals surface area contributed by atoms with Gasteiger partial charge < -0.3 is 5.32 Å². The van der Waals surface area contributed by atoms with Crippen molar-refractivity contribution in [3.63, 3.8) is 0 Å². The SMILES string of the molecule is Clc1ccc(CCNC2CCCCCC2)cc1Cl. The first kappa shape index (κ1) is 14.2. The summed E-state index contributed by atoms with van der Waals surface area (Å²) in [5.41, 5.74) is 1.26. The summed E-state index contributed by atoms with van der Waals surface area (Å²) < 4.78 is 0. The van der Waals surface area contributed by atoms with Crippen molar-refractivity contribution in [2.75, 3.05) is 6.54 Å². The Morgan fingerprint density at radius 1 is 1.00 bits per heavy atom. The summed E-state index contributed by atoms with van der Waals surface area (Å²) in [5.74, 6) is 0. The van der Waals surface area contributed by atoms with Crippen LogP contribution in [0.5, 0.6) is 0 Å². The molecule has 1 aliphatic carbocycles. The maximum atomic E-state index is 6.01. The fourth-order valence-corrected chi connectivity index (χ4v) is 2.92. The number of nitrogens with one attached hydrogen (secondary N) is 1. The minimum absolute atomic E-state index is 0.636. The second-order valence-corrected chi connectivity index (χ2v) is 5.96. The predicted molar refractivity (Wildman–Crippen MR) is 79.7 cm³/mol. The van der Waals surface area contributed by atoms with Gasteiger partial charge >= 0.3 is 0 Å². The first-order valence-electron chi connectivity index (χ1n) is 6.93. The molecule has 0 amide bonds. The van der Waals surface area contributed by atoms with E-state index in [-0.39, 0.29) is 0 Å². The largest absolute Gasteiger partial charge is 0.314 e. The molecule has 0 spiro atoms. The Balaban J connectivity index is 1.75. The van der Waals surface area contributed by atoms with E-state index in [4.69, 9.17) is 23.2 Å². The molecule has 3 heteroatoms. The molecule has 1 fully saturated rings. The number of rotatable bonds is 4. The molecule has 0 aromatic heterocycles. The van der Waals surface area contributed by atoms with Crippen molar-refractivity contribution in [1.29, 1.82) is 0 Å². The molecule has 0 saturated heterocycles. The van der Waals surface area contributed by atoms with Gasteiger partial charge in [0.1, 0.15) is 0 Å². The zero-order chi connectivity index (χ0) is 12.8. The van der Waals surface area contributed by atoms with E-state index in [1.807, 2.05) is 12.1 Å². The lowest BCUT2D eigenvalue weighted by molar-refractivity contribution is 0.463. The first-order chi connectivity index (χ1) is 8.75. The fourth-order valence-electron chi connectivity index (χ4n) is 2.60. The summed E-state index contributed by atoms with van der Waals surface area (Å²) >= 11 is 11.9. The Bertz CT molecular complexity index is 371. The zero-order valence-corrected chi connectivity index (χ0v) is 12.2. The van der Waals surface area contributed by atoms with E-state index >= 15 is 0 Å². The molecule has 1 N–H and O–H groups in total. The molecule has 0 atom stereocenters. The minimum Gasteiger partial charge on any atom is -0.314 e. The maximum Gasteiger partial charge on any atom is 0.0595 e. The Morgan fingerprint density at radius 2 is 1.72 bits per heavy atom. The van der Waals surface area contributed by atoms with Crippen LogP contribution in [0.4, 0.5) is 0 Å². The van der Waals surface area contributed by atoms with Crippen molar-refractivity contribution < 1.29 is 0 Å². The van der Waals surface area contributed by atoms with Crippen LogP contribution in [0.1, 0.15) is 44.1 Å². The molecule has 2 rings (SSSR count). The van der Waals surface area contributed by atoms with E-state index in [1.54, 1.807) is 0 Å². The van der Waals surface area contributed by atoms with Gasteiger partial charge in [-0.2, -0.15) is 0 Å². The van der Waals surface area contributed by atoms with Gasteiger partial charge in [0.05, 0.1) is 10.0 Å². The normalized spacial score (nSPS) is 17.7. The quantitative estimate of drug-likeness (QED) is 0.780. The molecule has 18 heavy (non-hydrogen) atoms. The first-order valence-corrected chi connectivity index (χ1v) is 7.68. The van der Waals surface area contributed by atoms with Crippen LogP contribution in [0.3, 0.4) is 0 Å². The summed E-state index contributed by atoms with van der Waals surface area (Å²) in [6.07, 6.45) is 9.26. The van der Waals surface area contributed by atoms with Crippen LogP contribution in [0.15, 0.2) is 18.2 Å². The van der Waals surface area contributed by atoms with Gasteiger partial charge in [-0.15, -0.1) is 0 Å². The molecule has 1 saturated carbocycles. The smallest absolute Gasteiger partial charge is 0.0595 e. The molecule has 100 valence electrons. The van der Waals surface area contributed by atoms with Crippen molar-refractivity contribution in [2.24, 2.45) is 0 Å². The van der Waals surface area contributed by atoms with Gasteiger partial charge in [-0.3, -0.25) is 0 Å². The number of hydrogen-bond donors (Lipinski definition) is 1. The lowest BCUT2D eigenvalue weighted by atomic mass is 10.1. The van der Waals surface area contributed by atoms with E-state index < -0.39 is 0 Å². The molecule has 0 heterocycles. The third-order valence-electron chi connectivity index (χ3n) is 3.69. The summed E-state index contributed by atoms with van der Waals surface area (Å²) in [6.45, 7) is 1.03. The van der Waals surface area contributed by atoms with Crippen molar-refractivity contribution in [2.45, 2.75) is 51.0 Å². The van der Waals surface area contributed by atoms with Crippen LogP contribution in [0.2, 0.25) is 10.0 Å². The lowest BCUT2D eigenvalue weighted by Gasteiger charge is -2.16. The molecule has 1 aliphatic rings. The van der Waals surface area contributed by atoms with Crippen LogP contribution in [0, 0.1) is 0 Å². The Hall–Kier alpha value is -0.240. The van der Waals surface area contributed by atoms with E-state index in [2.05, 4.69) is 11.4 Å². The van der Waals surface area contributed by atoms with E-state index in [9.17, 15) is 0 Å². The van der Waals surface area contributed by atoms with E-state index in [1.165, 1.54) is 44.1 Å². The topological polar surface area (TPSA) is 12.0 Å². The van der Waals surface area contributed by atoms with Crippen LogP contribution < -0.4 is 5.32 Å². The summed E-state index contributed by atoms with van der Waals surface area (Å²) in [7, 11) is 0. The third-order valence-corrected chi connectivity index (χ3v) is 4.42. The van der Waals surface area contributed by atoms with Gasteiger partial charge in [-0.25, -0.2) is 0 Å². The standard InChI is InChI=1S/C15H21Cl2N/c16-14-8-7-12(11-15(14)17)9-10-18-13-5-3-1-2-4-6-13/h7-8,11,13,18H,1-6,9-10H2. The molecule has 1 aromatic carbocycles. The van der Waals surface area contributed by atoms with Gasteiger partial charge in [0.2, 0.25) is 0 Å². The number of benzene rings is 1. The van der Waals surface area contributed by atoms with E-state index in [0.29, 0.717) is 10.0 Å². The minimum atomic E-state index is 0.636. The van der Waals surface area contributed by atoms with Crippen molar-refractivity contribution in [3.8, 4) is 0 Å². The zero-order valence-electron chi connectivity index (χ0n) is 10.7. The summed E-state index contributed by atoms with van der Waals surface area (Å²) in [5, 5.41) is 4.96. The molecule has 0 unspecified atom stereocenters. The highest BCUT2D eigenvalue weighted by molar-refractivity contribution is 6.42. The lowest BCUT2D eigenvalue weighted by Crippen LogP contribution is -2.30. The average Bonchev–Trinajstić information content (AvgIpc) is 2.62. The van der Waals surface area contributed by atoms with Gasteiger partial charge in [-0.1, -0.05) is 55.0 Å². The molecular formula is C15H21Cl2N. The van der Waals surface area contributed by atoms with Gasteiger partial charge in [-0.05, 0) is 43.5 Å². The van der Waals surface area contributed by atoms with Crippen LogP contribution >= 0.6 is 23.2 Å². The van der Waals surface area contributed by atoms with E-state index in [0.717, 1.165) is 19.0 Å². The average molecular weight is 286 g/mol. The molecule has 0 aliphatic heterocycles. The van der Waals surface area contributed by atoms with Crippen LogP contribution in [0.25, 0.3) is 0 Å². The Labute approximate surface area is 120 Å². The highest BCUT2D eigenvalue weighted by atomic mass is 35.5. The molecule has 1 aromatic rings. The second kappa shape index (κ2) is 7.37. The molecule has 0 radical (unpaired) electrons. The Kier molecular flexibility index (Phi) is 5.81. The van der Waals surface area contributed by atoms with Crippen LogP contribution in [-0.2, 0) is 6.42 Å². The highest BCUT2D eigenvalue weighted by Gasteiger charge is 2.10. The number of halogens is 2. The summed E-state index contributed by atoms with van der Waals surface area (Å²) in [6, 6.07) is 6.63. The van der Waals surface area contributed by atoms with Crippen molar-refractivity contribution >= 4 is 23.2 Å². The Morgan fingerprint density at radius 3 is 2.39 bits per heavy atom. The molecular weight excluding hydrogens is 265 g/mol.